The van der Waals surface area contributed by atoms with Crippen molar-refractivity contribution in [1.82, 2.24) is 14.9 Å². The number of hydrogen-bond donors (Lipinski definition) is 1. The smallest absolute Gasteiger partial charge is 0.230 e. The fourth-order valence-corrected chi connectivity index (χ4v) is 4.12. The number of aromatic nitrogens is 2. The molecule has 29 heavy (non-hydrogen) atoms. The van der Waals surface area contributed by atoms with Crippen LogP contribution in [0.3, 0.4) is 0 Å². The number of imidazole rings is 1. The first-order valence-corrected chi connectivity index (χ1v) is 10.6. The van der Waals surface area contributed by atoms with E-state index in [1.807, 2.05) is 49.4 Å². The van der Waals surface area contributed by atoms with E-state index in [9.17, 15) is 4.79 Å². The highest BCUT2D eigenvalue weighted by Gasteiger charge is 2.16. The Balaban J connectivity index is 1.70. The molecule has 1 unspecified atom stereocenters. The van der Waals surface area contributed by atoms with E-state index in [4.69, 9.17) is 21.1 Å². The Bertz CT molecular complexity index is 992. The van der Waals surface area contributed by atoms with Gasteiger partial charge in [0.15, 0.2) is 5.16 Å². The van der Waals surface area contributed by atoms with E-state index >= 15 is 0 Å². The van der Waals surface area contributed by atoms with Gasteiger partial charge in [0.05, 0.1) is 36.5 Å². The highest BCUT2D eigenvalue weighted by molar-refractivity contribution is 7.99. The van der Waals surface area contributed by atoms with Gasteiger partial charge in [0, 0.05) is 24.2 Å². The molecule has 0 aliphatic rings. The van der Waals surface area contributed by atoms with Gasteiger partial charge in [0.2, 0.25) is 5.91 Å². The number of nitrogens with one attached hydrogen (secondary N) is 1. The Morgan fingerprint density at radius 2 is 2.07 bits per heavy atom. The number of benzene rings is 2. The predicted octanol–water partition coefficient (Wildman–Crippen LogP) is 4.31. The molecule has 1 atom stereocenters. The van der Waals surface area contributed by atoms with Crippen molar-refractivity contribution >= 4 is 40.3 Å². The second-order valence-corrected chi connectivity index (χ2v) is 7.87. The number of para-hydroxylation sites is 1. The molecule has 1 heterocycles. The fraction of sp³-hybridized carbons (Fsp3) is 0.333. The average molecular weight is 434 g/mol. The number of carbonyl (C=O) groups excluding carboxylic acids is 1. The van der Waals surface area contributed by atoms with Crippen molar-refractivity contribution in [2.75, 3.05) is 26.6 Å². The van der Waals surface area contributed by atoms with Crippen molar-refractivity contribution in [2.24, 2.45) is 0 Å². The SMILES string of the molecule is COCCn1c(SCC(=O)NC(C)c2ccccc2OC)nc2cc(Cl)ccc21. The minimum atomic E-state index is -0.162. The summed E-state index contributed by atoms with van der Waals surface area (Å²) in [7, 11) is 3.29. The van der Waals surface area contributed by atoms with Crippen molar-refractivity contribution in [1.29, 1.82) is 0 Å². The summed E-state index contributed by atoms with van der Waals surface area (Å²) in [5, 5.41) is 4.42. The average Bonchev–Trinajstić information content (AvgIpc) is 3.06. The second kappa shape index (κ2) is 10.0. The molecule has 154 valence electrons. The molecular weight excluding hydrogens is 410 g/mol. The van der Waals surface area contributed by atoms with Crippen LogP contribution in [0.5, 0.6) is 5.75 Å². The number of ether oxygens (including phenoxy) is 2. The monoisotopic (exact) mass is 433 g/mol. The number of thioether (sulfide) groups is 1. The zero-order valence-corrected chi connectivity index (χ0v) is 18.2. The molecule has 3 rings (SSSR count). The van der Waals surface area contributed by atoms with Crippen LogP contribution < -0.4 is 10.1 Å². The zero-order valence-electron chi connectivity index (χ0n) is 16.6. The number of hydrogen-bond acceptors (Lipinski definition) is 5. The van der Waals surface area contributed by atoms with E-state index in [-0.39, 0.29) is 17.7 Å². The molecule has 0 fully saturated rings. The van der Waals surface area contributed by atoms with Crippen molar-refractivity contribution < 1.29 is 14.3 Å². The minimum absolute atomic E-state index is 0.0724. The molecule has 0 aliphatic heterocycles. The first kappa shape index (κ1) is 21.5. The lowest BCUT2D eigenvalue weighted by molar-refractivity contribution is -0.119. The summed E-state index contributed by atoms with van der Waals surface area (Å²) in [6.07, 6.45) is 0. The van der Waals surface area contributed by atoms with Crippen LogP contribution >= 0.6 is 23.4 Å². The Hall–Kier alpha value is -2.22. The van der Waals surface area contributed by atoms with Crippen LogP contribution in [0.15, 0.2) is 47.6 Å². The van der Waals surface area contributed by atoms with Crippen molar-refractivity contribution in [2.45, 2.75) is 24.7 Å². The molecule has 0 bridgehead atoms. The summed E-state index contributed by atoms with van der Waals surface area (Å²) >= 11 is 7.49. The number of carbonyl (C=O) groups is 1. The number of methoxy groups -OCH3 is 2. The standard InChI is InChI=1S/C21H24ClN3O3S/c1-14(16-6-4-5-7-19(16)28-3)23-20(26)13-29-21-24-17-12-15(22)8-9-18(17)25(21)10-11-27-2/h4-9,12,14H,10-11,13H2,1-3H3,(H,23,26). The molecule has 2 aromatic carbocycles. The Morgan fingerprint density at radius 1 is 1.28 bits per heavy atom. The molecule has 3 aromatic rings. The fourth-order valence-electron chi connectivity index (χ4n) is 3.10. The van der Waals surface area contributed by atoms with Crippen molar-refractivity contribution in [3.05, 3.63) is 53.1 Å². The Kier molecular flexibility index (Phi) is 7.41. The van der Waals surface area contributed by atoms with Crippen LogP contribution in [0.1, 0.15) is 18.5 Å². The van der Waals surface area contributed by atoms with E-state index in [1.54, 1.807) is 14.2 Å². The highest BCUT2D eigenvalue weighted by atomic mass is 35.5. The summed E-state index contributed by atoms with van der Waals surface area (Å²) in [4.78, 5) is 17.2. The van der Waals surface area contributed by atoms with Gasteiger partial charge in [-0.2, -0.15) is 0 Å². The van der Waals surface area contributed by atoms with Crippen LogP contribution in [0, 0.1) is 0 Å². The first-order chi connectivity index (χ1) is 14.0. The molecule has 8 heteroatoms. The van der Waals surface area contributed by atoms with Gasteiger partial charge in [0.1, 0.15) is 5.75 Å². The normalized spacial score (nSPS) is 12.1. The van der Waals surface area contributed by atoms with Crippen LogP contribution in [-0.4, -0.2) is 42.0 Å². The Labute approximate surface area is 179 Å². The van der Waals surface area contributed by atoms with Crippen LogP contribution in [-0.2, 0) is 16.1 Å². The van der Waals surface area contributed by atoms with Gasteiger partial charge in [-0.05, 0) is 31.2 Å². The van der Waals surface area contributed by atoms with Crippen LogP contribution in [0.4, 0.5) is 0 Å². The quantitative estimate of drug-likeness (QED) is 0.509. The van der Waals surface area contributed by atoms with E-state index in [1.165, 1.54) is 11.8 Å². The summed E-state index contributed by atoms with van der Waals surface area (Å²) in [5.41, 5.74) is 2.71. The van der Waals surface area contributed by atoms with Gasteiger partial charge in [-0.15, -0.1) is 0 Å². The van der Waals surface area contributed by atoms with Gasteiger partial charge < -0.3 is 19.4 Å². The van der Waals surface area contributed by atoms with Gasteiger partial charge in [-0.3, -0.25) is 4.79 Å². The Morgan fingerprint density at radius 3 is 2.83 bits per heavy atom. The number of fused-ring (bicyclic) bond motifs is 1. The summed E-state index contributed by atoms with van der Waals surface area (Å²) in [5.74, 6) is 0.937. The molecular formula is C21H24ClN3O3S. The number of amides is 1. The molecule has 6 nitrogen and oxygen atoms in total. The minimum Gasteiger partial charge on any atom is -0.496 e. The summed E-state index contributed by atoms with van der Waals surface area (Å²) in [6.45, 7) is 3.14. The molecule has 0 aliphatic carbocycles. The second-order valence-electron chi connectivity index (χ2n) is 6.49. The summed E-state index contributed by atoms with van der Waals surface area (Å²) in [6, 6.07) is 13.1. The van der Waals surface area contributed by atoms with Crippen molar-refractivity contribution in [3.63, 3.8) is 0 Å². The molecule has 1 aromatic heterocycles. The zero-order chi connectivity index (χ0) is 20.8. The van der Waals surface area contributed by atoms with E-state index in [0.29, 0.717) is 18.2 Å². The number of rotatable bonds is 9. The lowest BCUT2D eigenvalue weighted by atomic mass is 10.1. The lowest BCUT2D eigenvalue weighted by Gasteiger charge is -2.17. The van der Waals surface area contributed by atoms with Crippen LogP contribution in [0.2, 0.25) is 5.02 Å². The molecule has 1 amide bonds. The summed E-state index contributed by atoms with van der Waals surface area (Å²) < 4.78 is 12.7. The van der Waals surface area contributed by atoms with E-state index in [0.717, 1.165) is 27.5 Å². The number of halogens is 1. The third-order valence-corrected chi connectivity index (χ3v) is 5.72. The molecule has 1 N–H and O–H groups in total. The van der Waals surface area contributed by atoms with Gasteiger partial charge in [-0.1, -0.05) is 41.6 Å². The maximum Gasteiger partial charge on any atom is 0.230 e. The molecule has 0 radical (unpaired) electrons. The predicted molar refractivity (Wildman–Crippen MR) is 117 cm³/mol. The van der Waals surface area contributed by atoms with Gasteiger partial charge >= 0.3 is 0 Å². The molecule has 0 spiro atoms. The third-order valence-electron chi connectivity index (χ3n) is 4.51. The maximum absolute atomic E-state index is 12.5. The lowest BCUT2D eigenvalue weighted by Crippen LogP contribution is -2.28. The van der Waals surface area contributed by atoms with Crippen LogP contribution in [0.25, 0.3) is 11.0 Å². The van der Waals surface area contributed by atoms with E-state index in [2.05, 4.69) is 14.9 Å². The molecule has 0 saturated carbocycles. The van der Waals surface area contributed by atoms with E-state index < -0.39 is 0 Å². The largest absolute Gasteiger partial charge is 0.496 e. The van der Waals surface area contributed by atoms with Gasteiger partial charge in [-0.25, -0.2) is 4.98 Å². The third kappa shape index (κ3) is 5.23. The first-order valence-electron chi connectivity index (χ1n) is 9.23. The molecule has 0 saturated heterocycles. The number of nitrogens with zero attached hydrogens (tertiary/aromatic N) is 2. The topological polar surface area (TPSA) is 65.4 Å². The highest BCUT2D eigenvalue weighted by Crippen LogP contribution is 2.27. The van der Waals surface area contributed by atoms with Crippen molar-refractivity contribution in [3.8, 4) is 5.75 Å². The van der Waals surface area contributed by atoms with Gasteiger partial charge in [0.25, 0.3) is 0 Å². The maximum atomic E-state index is 12.5.